The van der Waals surface area contributed by atoms with Crippen LogP contribution in [0.3, 0.4) is 0 Å². The average molecular weight is 302 g/mol. The van der Waals surface area contributed by atoms with Crippen LogP contribution >= 0.6 is 11.8 Å². The first-order valence-corrected chi connectivity index (χ1v) is 8.90. The summed E-state index contributed by atoms with van der Waals surface area (Å²) in [5, 5.41) is 6.43. The van der Waals surface area contributed by atoms with E-state index in [0.29, 0.717) is 23.8 Å². The number of carbonyl (C=O) groups is 2. The molecular weight excluding hydrogens is 272 g/mol. The molecule has 0 bridgehead atoms. The third kappa shape index (κ3) is 6.16. The molecule has 3 atom stereocenters. The molecule has 2 heterocycles. The van der Waals surface area contributed by atoms with Gasteiger partial charge in [-0.15, -0.1) is 0 Å². The molecule has 0 aromatic heterocycles. The van der Waals surface area contributed by atoms with Crippen LogP contribution in [0.15, 0.2) is 0 Å². The Hall–Kier alpha value is -0.710. The number of carbonyl (C=O) groups excluding carboxylic acids is 2. The fourth-order valence-corrected chi connectivity index (χ4v) is 3.91. The molecule has 2 rings (SSSR count). The lowest BCUT2D eigenvalue weighted by atomic mass is 10.0. The van der Waals surface area contributed by atoms with E-state index in [9.17, 15) is 9.59 Å². The highest BCUT2D eigenvalue weighted by Crippen LogP contribution is 2.33. The van der Waals surface area contributed by atoms with Gasteiger partial charge in [-0.2, -0.15) is 11.8 Å². The predicted octanol–water partition coefficient (Wildman–Crippen LogP) is 3.35. The van der Waals surface area contributed by atoms with E-state index in [4.69, 9.17) is 0 Å². The zero-order chi connectivity index (χ0) is 15.5. The number of hydrogen-bond acceptors (Lipinski definition) is 3. The van der Waals surface area contributed by atoms with Crippen LogP contribution < -0.4 is 10.6 Å². The van der Waals surface area contributed by atoms with E-state index in [1.54, 1.807) is 6.92 Å². The molecule has 0 radical (unpaired) electrons. The van der Waals surface area contributed by atoms with Crippen molar-refractivity contribution >= 4 is 23.6 Å². The smallest absolute Gasteiger partial charge is 0.315 e. The van der Waals surface area contributed by atoms with Gasteiger partial charge < -0.3 is 15.4 Å². The highest BCUT2D eigenvalue weighted by atomic mass is 32.2. The minimum absolute atomic E-state index is 0.0240. The second kappa shape index (κ2) is 11.0. The Morgan fingerprint density at radius 3 is 2.45 bits per heavy atom. The van der Waals surface area contributed by atoms with Gasteiger partial charge in [0.1, 0.15) is 5.78 Å². The average Bonchev–Trinajstić information content (AvgIpc) is 2.99. The Labute approximate surface area is 127 Å². The Balaban J connectivity index is 0.000000829. The van der Waals surface area contributed by atoms with Crippen LogP contribution in [0.5, 0.6) is 0 Å². The van der Waals surface area contributed by atoms with Gasteiger partial charge in [-0.05, 0) is 19.8 Å². The van der Waals surface area contributed by atoms with Crippen molar-refractivity contribution in [3.8, 4) is 0 Å². The van der Waals surface area contributed by atoms with E-state index in [1.165, 1.54) is 0 Å². The van der Waals surface area contributed by atoms with Crippen molar-refractivity contribution in [1.82, 2.24) is 10.6 Å². The van der Waals surface area contributed by atoms with Crippen molar-refractivity contribution in [3.63, 3.8) is 0 Å². The Kier molecular flexibility index (Phi) is 10.6. The molecule has 3 unspecified atom stereocenters. The number of hydrogen-bond donors (Lipinski definition) is 2. The monoisotopic (exact) mass is 302 g/mol. The highest BCUT2D eigenvalue weighted by Gasteiger charge is 2.42. The highest BCUT2D eigenvalue weighted by molar-refractivity contribution is 8.00. The lowest BCUT2D eigenvalue weighted by Crippen LogP contribution is -2.36. The summed E-state index contributed by atoms with van der Waals surface area (Å²) in [5.41, 5.74) is 0. The number of fused-ring (bicyclic) bond motifs is 1. The van der Waals surface area contributed by atoms with Gasteiger partial charge in [0.15, 0.2) is 0 Å². The van der Waals surface area contributed by atoms with Gasteiger partial charge in [0, 0.05) is 17.4 Å². The van der Waals surface area contributed by atoms with Crippen LogP contribution in [-0.4, -0.2) is 34.9 Å². The van der Waals surface area contributed by atoms with Crippen molar-refractivity contribution in [1.29, 1.82) is 0 Å². The summed E-state index contributed by atoms with van der Waals surface area (Å²) >= 11 is 1.93. The van der Waals surface area contributed by atoms with Gasteiger partial charge in [-0.25, -0.2) is 4.79 Å². The molecule has 0 aromatic carbocycles. The Morgan fingerprint density at radius 1 is 1.20 bits per heavy atom. The minimum atomic E-state index is -0.0240. The molecule has 2 aliphatic heterocycles. The summed E-state index contributed by atoms with van der Waals surface area (Å²) in [6.45, 7) is 9.64. The number of amides is 2. The molecule has 0 aliphatic carbocycles. The maximum absolute atomic E-state index is 11.1. The molecule has 20 heavy (non-hydrogen) atoms. The standard InChI is InChI=1S/C11H18N2O2S.2C2H6/c1-7(14)4-2-3-5-9-10-8(6-16-9)12-11(15)13-10;2*1-2/h8-10H,2-6H2,1H3,(H2,12,13,15);2*1-2H3. The second-order valence-electron chi connectivity index (χ2n) is 4.57. The topological polar surface area (TPSA) is 58.2 Å². The van der Waals surface area contributed by atoms with Gasteiger partial charge in [0.25, 0.3) is 0 Å². The number of unbranched alkanes of at least 4 members (excludes halogenated alkanes) is 1. The van der Waals surface area contributed by atoms with Gasteiger partial charge >= 0.3 is 6.03 Å². The Morgan fingerprint density at radius 2 is 1.85 bits per heavy atom. The SMILES string of the molecule is CC.CC.CC(=O)CCCCC1SCC2NC(=O)NC21. The van der Waals surface area contributed by atoms with Crippen LogP contribution in [0.25, 0.3) is 0 Å². The largest absolute Gasteiger partial charge is 0.332 e. The molecule has 118 valence electrons. The summed E-state index contributed by atoms with van der Waals surface area (Å²) in [6, 6.07) is 0.592. The molecule has 0 aromatic rings. The van der Waals surface area contributed by atoms with Crippen LogP contribution in [-0.2, 0) is 4.79 Å². The van der Waals surface area contributed by atoms with E-state index in [1.807, 2.05) is 39.5 Å². The first kappa shape index (κ1) is 19.3. The molecule has 2 fully saturated rings. The van der Waals surface area contributed by atoms with E-state index in [-0.39, 0.29) is 11.8 Å². The summed E-state index contributed by atoms with van der Waals surface area (Å²) in [4.78, 5) is 21.9. The van der Waals surface area contributed by atoms with Gasteiger partial charge in [-0.1, -0.05) is 34.1 Å². The first-order valence-electron chi connectivity index (χ1n) is 7.85. The summed E-state index contributed by atoms with van der Waals surface area (Å²) in [5.74, 6) is 1.29. The Bertz CT molecular complexity index is 298. The second-order valence-corrected chi connectivity index (χ2v) is 5.84. The number of urea groups is 1. The fraction of sp³-hybridized carbons (Fsp3) is 0.867. The summed E-state index contributed by atoms with van der Waals surface area (Å²) in [6.07, 6.45) is 3.85. The molecule has 2 saturated heterocycles. The number of Topliss-reactive ketones (excluding diaryl/α,β-unsaturated/α-hetero) is 1. The zero-order valence-electron chi connectivity index (χ0n) is 13.5. The molecule has 2 aliphatic rings. The zero-order valence-corrected chi connectivity index (χ0v) is 14.3. The lowest BCUT2D eigenvalue weighted by molar-refractivity contribution is -0.117. The van der Waals surface area contributed by atoms with Gasteiger partial charge in [0.2, 0.25) is 0 Å². The minimum Gasteiger partial charge on any atom is -0.332 e. The molecule has 2 N–H and O–H groups in total. The maximum Gasteiger partial charge on any atom is 0.315 e. The van der Waals surface area contributed by atoms with Crippen LogP contribution in [0.1, 0.15) is 60.3 Å². The van der Waals surface area contributed by atoms with Crippen LogP contribution in [0, 0.1) is 0 Å². The van der Waals surface area contributed by atoms with Crippen LogP contribution in [0.2, 0.25) is 0 Å². The number of ketones is 1. The number of rotatable bonds is 5. The van der Waals surface area contributed by atoms with Crippen LogP contribution in [0.4, 0.5) is 4.79 Å². The van der Waals surface area contributed by atoms with Crippen molar-refractivity contribution in [3.05, 3.63) is 0 Å². The molecule has 0 spiro atoms. The van der Waals surface area contributed by atoms with E-state index >= 15 is 0 Å². The van der Waals surface area contributed by atoms with Crippen molar-refractivity contribution < 1.29 is 9.59 Å². The van der Waals surface area contributed by atoms with Gasteiger partial charge in [0.05, 0.1) is 12.1 Å². The van der Waals surface area contributed by atoms with E-state index < -0.39 is 0 Å². The van der Waals surface area contributed by atoms with Crippen molar-refractivity contribution in [2.24, 2.45) is 0 Å². The van der Waals surface area contributed by atoms with Crippen molar-refractivity contribution in [2.45, 2.75) is 77.6 Å². The first-order chi connectivity index (χ1) is 9.66. The van der Waals surface area contributed by atoms with E-state index in [2.05, 4.69) is 10.6 Å². The summed E-state index contributed by atoms with van der Waals surface area (Å²) in [7, 11) is 0. The third-order valence-corrected chi connectivity index (χ3v) is 4.71. The molecule has 5 heteroatoms. The lowest BCUT2D eigenvalue weighted by Gasteiger charge is -2.16. The summed E-state index contributed by atoms with van der Waals surface area (Å²) < 4.78 is 0. The maximum atomic E-state index is 11.1. The normalized spacial score (nSPS) is 26.2. The number of thioether (sulfide) groups is 1. The third-order valence-electron chi connectivity index (χ3n) is 3.21. The molecule has 4 nitrogen and oxygen atoms in total. The van der Waals surface area contributed by atoms with E-state index in [0.717, 1.165) is 25.0 Å². The predicted molar refractivity (Wildman–Crippen MR) is 87.3 cm³/mol. The quantitative estimate of drug-likeness (QED) is 0.605. The number of nitrogens with one attached hydrogen (secondary N) is 2. The molecular formula is C15H30N2O2S. The molecule has 0 saturated carbocycles. The van der Waals surface area contributed by atoms with Crippen molar-refractivity contribution in [2.75, 3.05) is 5.75 Å². The fourth-order valence-electron chi connectivity index (χ4n) is 2.36. The van der Waals surface area contributed by atoms with Gasteiger partial charge in [-0.3, -0.25) is 0 Å². The molecule has 2 amide bonds.